The Kier molecular flexibility index (Phi) is 11.4. The van der Waals surface area contributed by atoms with Crippen molar-refractivity contribution in [2.75, 3.05) is 34.4 Å². The first-order valence-corrected chi connectivity index (χ1v) is 9.00. The number of aliphatic imine (C=N–C) groups is 1. The van der Waals surface area contributed by atoms with E-state index in [1.165, 1.54) is 5.56 Å². The second kappa shape index (κ2) is 13.6. The maximum absolute atomic E-state index is 5.38. The van der Waals surface area contributed by atoms with Crippen molar-refractivity contribution < 1.29 is 14.2 Å². The molecule has 6 nitrogen and oxygen atoms in total. The summed E-state index contributed by atoms with van der Waals surface area (Å²) in [5.74, 6) is 5.39. The molecular formula is C22H28IN3O3. The van der Waals surface area contributed by atoms with Crippen LogP contribution in [0.3, 0.4) is 0 Å². The third-order valence-corrected chi connectivity index (χ3v) is 4.08. The molecule has 0 unspecified atom stereocenters. The summed E-state index contributed by atoms with van der Waals surface area (Å²) in [7, 11) is 5.00. The van der Waals surface area contributed by atoms with Crippen LogP contribution < -0.4 is 24.8 Å². The molecule has 0 amide bonds. The van der Waals surface area contributed by atoms with Crippen molar-refractivity contribution in [2.24, 2.45) is 4.99 Å². The van der Waals surface area contributed by atoms with E-state index in [1.807, 2.05) is 42.5 Å². The van der Waals surface area contributed by atoms with Crippen LogP contribution in [0.25, 0.3) is 0 Å². The number of methoxy groups -OCH3 is 2. The van der Waals surface area contributed by atoms with E-state index in [0.29, 0.717) is 18.0 Å². The van der Waals surface area contributed by atoms with E-state index >= 15 is 0 Å². The van der Waals surface area contributed by atoms with Gasteiger partial charge < -0.3 is 24.8 Å². The topological polar surface area (TPSA) is 64.1 Å². The summed E-state index contributed by atoms with van der Waals surface area (Å²) in [5.41, 5.74) is 2.28. The van der Waals surface area contributed by atoms with Gasteiger partial charge in [0.1, 0.15) is 12.4 Å². The molecule has 0 heterocycles. The Morgan fingerprint density at radius 3 is 2.31 bits per heavy atom. The average molecular weight is 509 g/mol. The van der Waals surface area contributed by atoms with Crippen LogP contribution in [0.5, 0.6) is 17.2 Å². The number of terminal acetylenes is 1. The highest BCUT2D eigenvalue weighted by molar-refractivity contribution is 14.0. The predicted octanol–water partition coefficient (Wildman–Crippen LogP) is 3.24. The van der Waals surface area contributed by atoms with Crippen molar-refractivity contribution in [3.05, 3.63) is 53.6 Å². The lowest BCUT2D eigenvalue weighted by Crippen LogP contribution is -2.37. The molecule has 2 aromatic rings. The zero-order valence-electron chi connectivity index (χ0n) is 17.0. The van der Waals surface area contributed by atoms with Crippen LogP contribution in [0.4, 0.5) is 0 Å². The Morgan fingerprint density at radius 1 is 1.00 bits per heavy atom. The SMILES string of the molecule is C#CCOc1ccc(CCNC(=NC)NCc2ccc(OC)c(OC)c2)cc1.I. The molecule has 2 aromatic carbocycles. The minimum atomic E-state index is 0. The Bertz CT molecular complexity index is 817. The first-order chi connectivity index (χ1) is 13.7. The standard InChI is InChI=1S/C22H27N3O3.HI/c1-5-14-28-19-9-6-17(7-10-19)12-13-24-22(23-2)25-16-18-8-11-20(26-3)21(15-18)27-4;/h1,6-11,15H,12-14,16H2,2-4H3,(H2,23,24,25);1H. The molecule has 156 valence electrons. The predicted molar refractivity (Wildman–Crippen MR) is 128 cm³/mol. The summed E-state index contributed by atoms with van der Waals surface area (Å²) in [6, 6.07) is 13.8. The molecule has 0 bridgehead atoms. The minimum Gasteiger partial charge on any atom is -0.493 e. The smallest absolute Gasteiger partial charge is 0.191 e. The van der Waals surface area contributed by atoms with Crippen LogP contribution in [0.1, 0.15) is 11.1 Å². The molecule has 0 aliphatic carbocycles. The van der Waals surface area contributed by atoms with Crippen molar-refractivity contribution in [1.82, 2.24) is 10.6 Å². The lowest BCUT2D eigenvalue weighted by atomic mass is 10.1. The molecule has 0 radical (unpaired) electrons. The van der Waals surface area contributed by atoms with Gasteiger partial charge in [0.05, 0.1) is 14.2 Å². The second-order valence-electron chi connectivity index (χ2n) is 5.93. The number of hydrogen-bond acceptors (Lipinski definition) is 4. The van der Waals surface area contributed by atoms with Gasteiger partial charge in [0.2, 0.25) is 0 Å². The van der Waals surface area contributed by atoms with Crippen molar-refractivity contribution in [2.45, 2.75) is 13.0 Å². The number of guanidine groups is 1. The number of nitrogens with one attached hydrogen (secondary N) is 2. The van der Waals surface area contributed by atoms with Gasteiger partial charge in [0, 0.05) is 20.1 Å². The van der Waals surface area contributed by atoms with Crippen LogP contribution >= 0.6 is 24.0 Å². The number of rotatable bonds is 9. The van der Waals surface area contributed by atoms with Gasteiger partial charge in [0.25, 0.3) is 0 Å². The molecule has 0 aromatic heterocycles. The van der Waals surface area contributed by atoms with Gasteiger partial charge in [-0.1, -0.05) is 24.1 Å². The Labute approximate surface area is 190 Å². The highest BCUT2D eigenvalue weighted by Gasteiger charge is 2.05. The molecule has 7 heteroatoms. The third-order valence-electron chi connectivity index (χ3n) is 4.08. The molecule has 29 heavy (non-hydrogen) atoms. The molecule has 0 aliphatic heterocycles. The average Bonchev–Trinajstić information content (AvgIpc) is 2.75. The Morgan fingerprint density at radius 2 is 1.69 bits per heavy atom. The minimum absolute atomic E-state index is 0. The third kappa shape index (κ3) is 8.11. The number of nitrogens with zero attached hydrogens (tertiary/aromatic N) is 1. The quantitative estimate of drug-likeness (QED) is 0.235. The fourth-order valence-electron chi connectivity index (χ4n) is 2.60. The Balaban J connectivity index is 0.00000420. The summed E-state index contributed by atoms with van der Waals surface area (Å²) in [6.07, 6.45) is 6.06. The van der Waals surface area contributed by atoms with Crippen LogP contribution in [0, 0.1) is 12.3 Å². The number of hydrogen-bond donors (Lipinski definition) is 2. The fourth-order valence-corrected chi connectivity index (χ4v) is 2.60. The van der Waals surface area contributed by atoms with Gasteiger partial charge >= 0.3 is 0 Å². The highest BCUT2D eigenvalue weighted by atomic mass is 127. The number of benzene rings is 2. The molecule has 0 atom stereocenters. The summed E-state index contributed by atoms with van der Waals surface area (Å²) in [4.78, 5) is 4.26. The van der Waals surface area contributed by atoms with Gasteiger partial charge in [-0.2, -0.15) is 0 Å². The van der Waals surface area contributed by atoms with E-state index < -0.39 is 0 Å². The Hall–Kier alpha value is -2.60. The highest BCUT2D eigenvalue weighted by Crippen LogP contribution is 2.27. The molecule has 2 N–H and O–H groups in total. The van der Waals surface area contributed by atoms with Crippen LogP contribution in [-0.2, 0) is 13.0 Å². The van der Waals surface area contributed by atoms with Crippen LogP contribution in [-0.4, -0.2) is 40.4 Å². The lowest BCUT2D eigenvalue weighted by Gasteiger charge is -2.13. The first kappa shape index (κ1) is 24.4. The summed E-state index contributed by atoms with van der Waals surface area (Å²) < 4.78 is 16.0. The summed E-state index contributed by atoms with van der Waals surface area (Å²) >= 11 is 0. The van der Waals surface area contributed by atoms with Gasteiger partial charge in [-0.05, 0) is 41.8 Å². The fraction of sp³-hybridized carbons (Fsp3) is 0.318. The second-order valence-corrected chi connectivity index (χ2v) is 5.93. The summed E-state index contributed by atoms with van der Waals surface area (Å²) in [6.45, 7) is 1.67. The van der Waals surface area contributed by atoms with Gasteiger partial charge in [0.15, 0.2) is 17.5 Å². The first-order valence-electron chi connectivity index (χ1n) is 9.00. The molecule has 0 spiro atoms. The van der Waals surface area contributed by atoms with Crippen molar-refractivity contribution in [3.8, 4) is 29.6 Å². The van der Waals surface area contributed by atoms with E-state index in [0.717, 1.165) is 30.2 Å². The zero-order valence-corrected chi connectivity index (χ0v) is 19.4. The van der Waals surface area contributed by atoms with Crippen molar-refractivity contribution in [1.29, 1.82) is 0 Å². The summed E-state index contributed by atoms with van der Waals surface area (Å²) in [5, 5.41) is 6.61. The van der Waals surface area contributed by atoms with Gasteiger partial charge in [-0.3, -0.25) is 4.99 Å². The monoisotopic (exact) mass is 509 g/mol. The van der Waals surface area contributed by atoms with E-state index in [4.69, 9.17) is 20.6 Å². The van der Waals surface area contributed by atoms with Gasteiger partial charge in [-0.25, -0.2) is 0 Å². The molecule has 0 fully saturated rings. The molecule has 0 saturated heterocycles. The van der Waals surface area contributed by atoms with Crippen molar-refractivity contribution >= 4 is 29.9 Å². The van der Waals surface area contributed by atoms with E-state index in [1.54, 1.807) is 21.3 Å². The maximum atomic E-state index is 5.38. The number of halogens is 1. The van der Waals surface area contributed by atoms with Crippen molar-refractivity contribution in [3.63, 3.8) is 0 Å². The molecule has 0 saturated carbocycles. The van der Waals surface area contributed by atoms with E-state index in [2.05, 4.69) is 21.5 Å². The number of ether oxygens (including phenoxy) is 3. The van der Waals surface area contributed by atoms with E-state index in [9.17, 15) is 0 Å². The molecular weight excluding hydrogens is 481 g/mol. The lowest BCUT2D eigenvalue weighted by molar-refractivity contribution is 0.354. The van der Waals surface area contributed by atoms with E-state index in [-0.39, 0.29) is 30.6 Å². The van der Waals surface area contributed by atoms with Gasteiger partial charge in [-0.15, -0.1) is 30.4 Å². The molecule has 2 rings (SSSR count). The largest absolute Gasteiger partial charge is 0.493 e. The molecule has 0 aliphatic rings. The maximum Gasteiger partial charge on any atom is 0.191 e. The zero-order chi connectivity index (χ0) is 20.2. The van der Waals surface area contributed by atoms with Crippen LogP contribution in [0.2, 0.25) is 0 Å². The van der Waals surface area contributed by atoms with Crippen LogP contribution in [0.15, 0.2) is 47.5 Å². The normalized spacial score (nSPS) is 10.3.